The van der Waals surface area contributed by atoms with Gasteiger partial charge in [-0.15, -0.1) is 0 Å². The van der Waals surface area contributed by atoms with E-state index in [0.29, 0.717) is 11.3 Å². The number of nitrogens with zero attached hydrogens (tertiary/aromatic N) is 2. The molecule has 0 aliphatic heterocycles. The quantitative estimate of drug-likeness (QED) is 0.821. The molecule has 1 N–H and O–H groups in total. The van der Waals surface area contributed by atoms with Crippen molar-refractivity contribution in [1.29, 1.82) is 5.26 Å². The first-order valence-electron chi connectivity index (χ1n) is 4.59. The zero-order valence-corrected chi connectivity index (χ0v) is 9.61. The number of aliphatic hydroxyl groups is 1. The Morgan fingerprint density at radius 2 is 2.19 bits per heavy atom. The van der Waals surface area contributed by atoms with E-state index >= 15 is 0 Å². The Bertz CT molecular complexity index is 505. The van der Waals surface area contributed by atoms with Crippen molar-refractivity contribution in [2.75, 3.05) is 23.7 Å². The second-order valence-electron chi connectivity index (χ2n) is 3.17. The van der Waals surface area contributed by atoms with Crippen LogP contribution in [0.25, 0.3) is 0 Å². The number of sulfonamides is 1. The largest absolute Gasteiger partial charge is 0.395 e. The van der Waals surface area contributed by atoms with Crippen molar-refractivity contribution < 1.29 is 13.5 Å². The van der Waals surface area contributed by atoms with Crippen molar-refractivity contribution in [1.82, 2.24) is 0 Å². The molecule has 0 fully saturated rings. The van der Waals surface area contributed by atoms with E-state index in [1.165, 1.54) is 13.1 Å². The van der Waals surface area contributed by atoms with E-state index in [4.69, 9.17) is 10.4 Å². The molecule has 0 atom stereocenters. The van der Waals surface area contributed by atoms with Crippen LogP contribution >= 0.6 is 0 Å². The van der Waals surface area contributed by atoms with Gasteiger partial charge in [0, 0.05) is 7.05 Å². The highest BCUT2D eigenvalue weighted by Gasteiger charge is 2.17. The second-order valence-corrected chi connectivity index (χ2v) is 5.29. The van der Waals surface area contributed by atoms with Crippen LogP contribution in [-0.4, -0.2) is 32.9 Å². The van der Waals surface area contributed by atoms with Gasteiger partial charge in [-0.3, -0.25) is 4.31 Å². The first-order chi connectivity index (χ1) is 7.51. The van der Waals surface area contributed by atoms with Gasteiger partial charge >= 0.3 is 0 Å². The van der Waals surface area contributed by atoms with Gasteiger partial charge in [0.05, 0.1) is 29.7 Å². The maximum Gasteiger partial charge on any atom is 0.237 e. The minimum Gasteiger partial charge on any atom is -0.395 e. The van der Waals surface area contributed by atoms with E-state index in [9.17, 15) is 8.42 Å². The predicted octanol–water partition coefficient (Wildman–Crippen LogP) is 0.317. The summed E-state index contributed by atoms with van der Waals surface area (Å²) < 4.78 is 24.3. The lowest BCUT2D eigenvalue weighted by molar-refractivity contribution is 0.319. The van der Waals surface area contributed by atoms with Gasteiger partial charge in [-0.05, 0) is 18.2 Å². The van der Waals surface area contributed by atoms with Gasteiger partial charge in [0.15, 0.2) is 0 Å². The summed E-state index contributed by atoms with van der Waals surface area (Å²) >= 11 is 0. The zero-order valence-electron chi connectivity index (χ0n) is 8.79. The van der Waals surface area contributed by atoms with Gasteiger partial charge in [0.25, 0.3) is 0 Å². The van der Waals surface area contributed by atoms with Gasteiger partial charge in [0.1, 0.15) is 0 Å². The maximum absolute atomic E-state index is 11.6. The normalized spacial score (nSPS) is 10.8. The van der Waals surface area contributed by atoms with Crippen molar-refractivity contribution in [2.45, 2.75) is 0 Å². The average Bonchev–Trinajstić information content (AvgIpc) is 2.28. The lowest BCUT2D eigenvalue weighted by atomic mass is 10.2. The molecule has 16 heavy (non-hydrogen) atoms. The Morgan fingerprint density at radius 1 is 1.50 bits per heavy atom. The van der Waals surface area contributed by atoms with Crippen LogP contribution in [0.5, 0.6) is 0 Å². The molecule has 0 bridgehead atoms. The molecule has 0 heterocycles. The third-order valence-electron chi connectivity index (χ3n) is 2.11. The van der Waals surface area contributed by atoms with E-state index in [2.05, 4.69) is 0 Å². The summed E-state index contributed by atoms with van der Waals surface area (Å²) in [6.07, 6.45) is 0. The molecule has 0 aliphatic carbocycles. The van der Waals surface area contributed by atoms with Gasteiger partial charge in [-0.25, -0.2) is 8.42 Å². The molecule has 1 aromatic rings. The van der Waals surface area contributed by atoms with Crippen LogP contribution in [0.4, 0.5) is 5.69 Å². The fraction of sp³-hybridized carbons (Fsp3) is 0.300. The number of benzene rings is 1. The lowest BCUT2D eigenvalue weighted by Crippen LogP contribution is -2.30. The van der Waals surface area contributed by atoms with E-state index in [1.807, 2.05) is 6.07 Å². The molecule has 1 aromatic carbocycles. The van der Waals surface area contributed by atoms with Crippen LogP contribution in [-0.2, 0) is 10.0 Å². The highest BCUT2D eigenvalue weighted by atomic mass is 32.2. The van der Waals surface area contributed by atoms with Crippen LogP contribution in [0.2, 0.25) is 0 Å². The van der Waals surface area contributed by atoms with Gasteiger partial charge in [-0.2, -0.15) is 5.26 Å². The monoisotopic (exact) mass is 240 g/mol. The average molecular weight is 240 g/mol. The van der Waals surface area contributed by atoms with Crippen LogP contribution in [0.1, 0.15) is 5.56 Å². The van der Waals surface area contributed by atoms with Crippen molar-refractivity contribution in [3.05, 3.63) is 29.8 Å². The molecule has 1 rings (SSSR count). The first kappa shape index (κ1) is 12.5. The summed E-state index contributed by atoms with van der Waals surface area (Å²) in [5.41, 5.74) is 0.802. The number of nitriles is 1. The van der Waals surface area contributed by atoms with Crippen LogP contribution in [0.3, 0.4) is 0 Å². The molecule has 86 valence electrons. The van der Waals surface area contributed by atoms with Crippen LogP contribution in [0, 0.1) is 11.3 Å². The SMILES string of the molecule is CN(c1cccc(C#N)c1)S(=O)(=O)CCO. The fourth-order valence-corrected chi connectivity index (χ4v) is 2.12. The molecule has 5 nitrogen and oxygen atoms in total. The highest BCUT2D eigenvalue weighted by Crippen LogP contribution is 2.17. The van der Waals surface area contributed by atoms with E-state index < -0.39 is 16.6 Å². The standard InChI is InChI=1S/C10H12N2O3S/c1-12(16(14,15)6-5-13)10-4-2-3-9(7-10)8-11/h2-4,7,13H,5-6H2,1H3. The Kier molecular flexibility index (Phi) is 3.88. The molecular weight excluding hydrogens is 228 g/mol. The van der Waals surface area contributed by atoms with Crippen LogP contribution in [0.15, 0.2) is 24.3 Å². The van der Waals surface area contributed by atoms with Crippen molar-refractivity contribution >= 4 is 15.7 Å². The minimum atomic E-state index is -3.51. The summed E-state index contributed by atoms with van der Waals surface area (Å²) in [4.78, 5) is 0. The molecule has 0 spiro atoms. The zero-order chi connectivity index (χ0) is 12.2. The highest BCUT2D eigenvalue weighted by molar-refractivity contribution is 7.92. The molecule has 0 aliphatic rings. The van der Waals surface area contributed by atoms with Gasteiger partial charge in [0.2, 0.25) is 10.0 Å². The Labute approximate surface area is 94.6 Å². The Hall–Kier alpha value is -1.58. The molecule has 0 radical (unpaired) electrons. The molecule has 6 heteroatoms. The number of aliphatic hydroxyl groups excluding tert-OH is 1. The lowest BCUT2D eigenvalue weighted by Gasteiger charge is -2.18. The van der Waals surface area contributed by atoms with Crippen molar-refractivity contribution in [3.8, 4) is 6.07 Å². The smallest absolute Gasteiger partial charge is 0.237 e. The number of hydrogen-bond acceptors (Lipinski definition) is 4. The van der Waals surface area contributed by atoms with Gasteiger partial charge in [-0.1, -0.05) is 6.07 Å². The Morgan fingerprint density at radius 3 is 2.75 bits per heavy atom. The summed E-state index contributed by atoms with van der Waals surface area (Å²) in [6, 6.07) is 8.21. The van der Waals surface area contributed by atoms with E-state index in [-0.39, 0.29) is 5.75 Å². The summed E-state index contributed by atoms with van der Waals surface area (Å²) in [6.45, 7) is -0.426. The van der Waals surface area contributed by atoms with Gasteiger partial charge < -0.3 is 5.11 Å². The molecule has 0 saturated heterocycles. The third-order valence-corrected chi connectivity index (χ3v) is 3.85. The van der Waals surface area contributed by atoms with Crippen molar-refractivity contribution in [3.63, 3.8) is 0 Å². The third kappa shape index (κ3) is 2.72. The van der Waals surface area contributed by atoms with E-state index in [0.717, 1.165) is 4.31 Å². The van der Waals surface area contributed by atoms with Crippen LogP contribution < -0.4 is 4.31 Å². The topological polar surface area (TPSA) is 81.4 Å². The molecule has 0 unspecified atom stereocenters. The Balaban J connectivity index is 3.06. The summed E-state index contributed by atoms with van der Waals surface area (Å²) in [7, 11) is -2.12. The summed E-state index contributed by atoms with van der Waals surface area (Å²) in [5, 5.41) is 17.3. The number of anilines is 1. The second kappa shape index (κ2) is 4.96. The molecule has 0 saturated carbocycles. The van der Waals surface area contributed by atoms with E-state index in [1.54, 1.807) is 18.2 Å². The predicted molar refractivity (Wildman–Crippen MR) is 60.4 cm³/mol. The fourth-order valence-electron chi connectivity index (χ4n) is 1.18. The molecular formula is C10H12N2O3S. The maximum atomic E-state index is 11.6. The summed E-state index contributed by atoms with van der Waals surface area (Å²) in [5.74, 6) is -0.333. The molecule has 0 amide bonds. The number of hydrogen-bond donors (Lipinski definition) is 1. The number of rotatable bonds is 4. The molecule has 0 aromatic heterocycles. The first-order valence-corrected chi connectivity index (χ1v) is 6.20. The minimum absolute atomic E-state index is 0.333. The van der Waals surface area contributed by atoms with Crippen molar-refractivity contribution in [2.24, 2.45) is 0 Å².